The molecular weight excluding hydrogens is 255 g/mol. The number of carbonyl (C=O) groups is 2. The van der Waals surface area contributed by atoms with Crippen LogP contribution in [0.3, 0.4) is 0 Å². The van der Waals surface area contributed by atoms with Gasteiger partial charge in [-0.15, -0.1) is 0 Å². The van der Waals surface area contributed by atoms with E-state index in [4.69, 9.17) is 5.11 Å². The van der Waals surface area contributed by atoms with Gasteiger partial charge < -0.3 is 9.84 Å². The first kappa shape index (κ1) is 14.6. The number of ether oxygens (including phenoxy) is 1. The third kappa shape index (κ3) is 2.85. The van der Waals surface area contributed by atoms with Gasteiger partial charge in [-0.25, -0.2) is 9.59 Å². The fraction of sp³-hybridized carbons (Fsp3) is 0.800. The Kier molecular flexibility index (Phi) is 4.08. The van der Waals surface area contributed by atoms with Crippen molar-refractivity contribution in [1.82, 2.24) is 4.90 Å². The van der Waals surface area contributed by atoms with Gasteiger partial charge >= 0.3 is 18.2 Å². The summed E-state index contributed by atoms with van der Waals surface area (Å²) in [5, 5.41) is 9.14. The second-order valence-electron chi connectivity index (χ2n) is 4.12. The average molecular weight is 269 g/mol. The quantitative estimate of drug-likeness (QED) is 0.851. The maximum Gasteiger partial charge on any atom is 0.422 e. The molecule has 1 N–H and O–H groups in total. The van der Waals surface area contributed by atoms with Crippen molar-refractivity contribution in [3.05, 3.63) is 0 Å². The van der Waals surface area contributed by atoms with Gasteiger partial charge in [-0.2, -0.15) is 13.2 Å². The first-order chi connectivity index (χ1) is 8.23. The predicted octanol–water partition coefficient (Wildman–Crippen LogP) is 2.01. The second kappa shape index (κ2) is 5.03. The Balaban J connectivity index is 2.75. The number of likely N-dealkylation sites (tertiary alicyclic amines) is 1. The summed E-state index contributed by atoms with van der Waals surface area (Å²) in [5.41, 5.74) is -1.44. The number of carboxylic acid groups (broad SMARTS) is 1. The van der Waals surface area contributed by atoms with Gasteiger partial charge in [0.05, 0.1) is 0 Å². The molecule has 0 radical (unpaired) electrons. The molecule has 1 saturated heterocycles. The Bertz CT molecular complexity index is 345. The summed E-state index contributed by atoms with van der Waals surface area (Å²) in [6.07, 6.45) is -5.06. The van der Waals surface area contributed by atoms with E-state index in [0.29, 0.717) is 6.42 Å². The van der Waals surface area contributed by atoms with Crippen LogP contribution in [-0.2, 0) is 9.53 Å². The van der Waals surface area contributed by atoms with Crippen molar-refractivity contribution in [1.29, 1.82) is 0 Å². The van der Waals surface area contributed by atoms with Crippen LogP contribution in [0.2, 0.25) is 0 Å². The lowest BCUT2D eigenvalue weighted by molar-refractivity contribution is -0.165. The summed E-state index contributed by atoms with van der Waals surface area (Å²) < 4.78 is 39.9. The Morgan fingerprint density at radius 1 is 1.44 bits per heavy atom. The molecule has 1 unspecified atom stereocenters. The number of carbonyl (C=O) groups excluding carboxylic acids is 1. The number of alkyl halides is 3. The molecule has 1 atom stereocenters. The van der Waals surface area contributed by atoms with Crippen LogP contribution in [0.25, 0.3) is 0 Å². The van der Waals surface area contributed by atoms with E-state index in [2.05, 4.69) is 4.74 Å². The predicted molar refractivity (Wildman–Crippen MR) is 54.0 cm³/mol. The summed E-state index contributed by atoms with van der Waals surface area (Å²) in [7, 11) is 0. The SMILES string of the molecule is CCC1(C(=O)O)CCCN1C(=O)OCC(F)(F)F. The molecule has 1 aliphatic rings. The molecule has 5 nitrogen and oxygen atoms in total. The van der Waals surface area contributed by atoms with Crippen molar-refractivity contribution >= 4 is 12.1 Å². The number of halogens is 3. The molecule has 1 heterocycles. The van der Waals surface area contributed by atoms with Gasteiger partial charge in [0.15, 0.2) is 6.61 Å². The number of hydrogen-bond donors (Lipinski definition) is 1. The molecule has 0 aromatic rings. The topological polar surface area (TPSA) is 66.8 Å². The smallest absolute Gasteiger partial charge is 0.422 e. The first-order valence-electron chi connectivity index (χ1n) is 5.47. The van der Waals surface area contributed by atoms with Crippen molar-refractivity contribution in [2.75, 3.05) is 13.2 Å². The molecule has 0 aromatic heterocycles. The number of carboxylic acids is 1. The van der Waals surface area contributed by atoms with E-state index >= 15 is 0 Å². The van der Waals surface area contributed by atoms with E-state index in [1.807, 2.05) is 0 Å². The number of amides is 1. The van der Waals surface area contributed by atoms with Crippen LogP contribution < -0.4 is 0 Å². The van der Waals surface area contributed by atoms with Gasteiger partial charge in [0, 0.05) is 6.54 Å². The zero-order chi connectivity index (χ0) is 14.0. The minimum atomic E-state index is -4.62. The molecule has 104 valence electrons. The van der Waals surface area contributed by atoms with Crippen molar-refractivity contribution in [3.63, 3.8) is 0 Å². The second-order valence-corrected chi connectivity index (χ2v) is 4.12. The number of nitrogens with zero attached hydrogens (tertiary/aromatic N) is 1. The van der Waals surface area contributed by atoms with E-state index in [0.717, 1.165) is 4.90 Å². The van der Waals surface area contributed by atoms with E-state index < -0.39 is 30.4 Å². The Labute approximate surface area is 102 Å². The maximum absolute atomic E-state index is 11.9. The molecule has 1 fully saturated rings. The Morgan fingerprint density at radius 3 is 2.50 bits per heavy atom. The van der Waals surface area contributed by atoms with Crippen molar-refractivity contribution in [2.24, 2.45) is 0 Å². The van der Waals surface area contributed by atoms with Crippen LogP contribution in [-0.4, -0.2) is 46.9 Å². The highest BCUT2D eigenvalue weighted by molar-refractivity contribution is 5.85. The Morgan fingerprint density at radius 2 is 2.06 bits per heavy atom. The minimum Gasteiger partial charge on any atom is -0.479 e. The molecule has 0 spiro atoms. The fourth-order valence-electron chi connectivity index (χ4n) is 2.11. The zero-order valence-corrected chi connectivity index (χ0v) is 9.79. The molecule has 1 rings (SSSR count). The van der Waals surface area contributed by atoms with Crippen LogP contribution in [0.1, 0.15) is 26.2 Å². The average Bonchev–Trinajstić information content (AvgIpc) is 2.69. The summed E-state index contributed by atoms with van der Waals surface area (Å²) >= 11 is 0. The van der Waals surface area contributed by atoms with Crippen molar-refractivity contribution < 1.29 is 32.6 Å². The summed E-state index contributed by atoms with van der Waals surface area (Å²) in [4.78, 5) is 23.6. The third-order valence-electron chi connectivity index (χ3n) is 3.05. The lowest BCUT2D eigenvalue weighted by Crippen LogP contribution is -2.53. The van der Waals surface area contributed by atoms with Crippen LogP contribution in [0, 0.1) is 0 Å². The Hall–Kier alpha value is -1.47. The normalized spacial score (nSPS) is 24.1. The lowest BCUT2D eigenvalue weighted by Gasteiger charge is -2.32. The molecule has 0 aliphatic carbocycles. The van der Waals surface area contributed by atoms with Gasteiger partial charge in [-0.1, -0.05) is 6.92 Å². The van der Waals surface area contributed by atoms with Crippen molar-refractivity contribution in [2.45, 2.75) is 37.9 Å². The maximum atomic E-state index is 11.9. The molecule has 0 aromatic carbocycles. The number of hydrogen-bond acceptors (Lipinski definition) is 3. The third-order valence-corrected chi connectivity index (χ3v) is 3.05. The van der Waals surface area contributed by atoms with Gasteiger partial charge in [-0.3, -0.25) is 4.90 Å². The molecule has 1 aliphatic heterocycles. The van der Waals surface area contributed by atoms with Crippen LogP contribution in [0.4, 0.5) is 18.0 Å². The highest BCUT2D eigenvalue weighted by atomic mass is 19.4. The van der Waals surface area contributed by atoms with E-state index in [1.54, 1.807) is 6.92 Å². The molecule has 18 heavy (non-hydrogen) atoms. The van der Waals surface area contributed by atoms with E-state index in [-0.39, 0.29) is 19.4 Å². The van der Waals surface area contributed by atoms with Crippen LogP contribution >= 0.6 is 0 Å². The van der Waals surface area contributed by atoms with Crippen molar-refractivity contribution in [3.8, 4) is 0 Å². The number of rotatable bonds is 3. The summed E-state index contributed by atoms with van der Waals surface area (Å²) in [5.74, 6) is -1.22. The van der Waals surface area contributed by atoms with Gasteiger partial charge in [0.25, 0.3) is 0 Å². The van der Waals surface area contributed by atoms with Crippen LogP contribution in [0.15, 0.2) is 0 Å². The van der Waals surface area contributed by atoms with E-state index in [9.17, 15) is 22.8 Å². The molecular formula is C10H14F3NO4. The minimum absolute atomic E-state index is 0.0941. The molecule has 0 saturated carbocycles. The highest BCUT2D eigenvalue weighted by Crippen LogP contribution is 2.33. The first-order valence-corrected chi connectivity index (χ1v) is 5.47. The van der Waals surface area contributed by atoms with E-state index in [1.165, 1.54) is 0 Å². The monoisotopic (exact) mass is 269 g/mol. The zero-order valence-electron chi connectivity index (χ0n) is 9.79. The molecule has 0 bridgehead atoms. The van der Waals surface area contributed by atoms with Gasteiger partial charge in [0.2, 0.25) is 0 Å². The van der Waals surface area contributed by atoms with Gasteiger partial charge in [0.1, 0.15) is 5.54 Å². The summed E-state index contributed by atoms with van der Waals surface area (Å²) in [6, 6.07) is 0. The number of aliphatic carboxylic acids is 1. The highest BCUT2D eigenvalue weighted by Gasteiger charge is 2.49. The fourth-order valence-corrected chi connectivity index (χ4v) is 2.11. The lowest BCUT2D eigenvalue weighted by atomic mass is 9.93. The molecule has 1 amide bonds. The van der Waals surface area contributed by atoms with Gasteiger partial charge in [-0.05, 0) is 19.3 Å². The molecule has 8 heteroatoms. The standard InChI is InChI=1S/C10H14F3NO4/c1-2-9(7(15)16)4-3-5-14(9)8(17)18-6-10(11,12)13/h2-6H2,1H3,(H,15,16). The summed E-state index contributed by atoms with van der Waals surface area (Å²) in [6.45, 7) is -0.0396. The largest absolute Gasteiger partial charge is 0.479 e. The van der Waals surface area contributed by atoms with Crippen LogP contribution in [0.5, 0.6) is 0 Å².